The Hall–Kier alpha value is -2.48. The van der Waals surface area contributed by atoms with Crippen LogP contribution in [0.25, 0.3) is 10.8 Å². The van der Waals surface area contributed by atoms with Gasteiger partial charge in [0.15, 0.2) is 0 Å². The molecule has 0 atom stereocenters. The van der Waals surface area contributed by atoms with E-state index >= 15 is 0 Å². The molecule has 0 spiro atoms. The summed E-state index contributed by atoms with van der Waals surface area (Å²) in [5, 5.41) is 2.73. The van der Waals surface area contributed by atoms with Crippen molar-refractivity contribution in [3.8, 4) is 0 Å². The summed E-state index contributed by atoms with van der Waals surface area (Å²) in [5.74, 6) is 0. The fourth-order valence-electron chi connectivity index (χ4n) is 4.17. The molecule has 0 amide bonds. The van der Waals surface area contributed by atoms with Crippen LogP contribution in [0.4, 0.5) is 11.4 Å². The summed E-state index contributed by atoms with van der Waals surface area (Å²) in [6.07, 6.45) is 7.18. The molecule has 0 fully saturated rings. The third-order valence-electron chi connectivity index (χ3n) is 6.02. The lowest BCUT2D eigenvalue weighted by molar-refractivity contribution is 0.678. The number of hydrogen-bond acceptors (Lipinski definition) is 2. The largest absolute Gasteiger partial charge is 0.377 e. The van der Waals surface area contributed by atoms with Gasteiger partial charge in [0.2, 0.25) is 0 Å². The Morgan fingerprint density at radius 3 is 1.90 bits per heavy atom. The monoisotopic (exact) mass is 402 g/mol. The molecule has 0 aromatic heterocycles. The van der Waals surface area contributed by atoms with Gasteiger partial charge in [0.1, 0.15) is 0 Å². The van der Waals surface area contributed by atoms with Crippen molar-refractivity contribution in [3.05, 3.63) is 71.8 Å². The number of unbranched alkanes of at least 4 members (excludes halogenated alkanes) is 2. The Bertz CT molecular complexity index is 904. The number of aryl methyl sites for hydroxylation is 2. The summed E-state index contributed by atoms with van der Waals surface area (Å²) < 4.78 is 0. The molecule has 30 heavy (non-hydrogen) atoms. The molecule has 0 saturated carbocycles. The van der Waals surface area contributed by atoms with Gasteiger partial charge in [0.05, 0.1) is 0 Å². The van der Waals surface area contributed by atoms with Gasteiger partial charge in [-0.25, -0.2) is 0 Å². The van der Waals surface area contributed by atoms with Crippen molar-refractivity contribution < 1.29 is 0 Å². The first-order valence-electron chi connectivity index (χ1n) is 11.7. The van der Waals surface area contributed by atoms with Crippen LogP contribution in [0.2, 0.25) is 0 Å². The second-order valence-corrected chi connectivity index (χ2v) is 8.54. The van der Waals surface area contributed by atoms with Gasteiger partial charge in [0.25, 0.3) is 0 Å². The number of fused-ring (bicyclic) bond motifs is 1. The van der Waals surface area contributed by atoms with Crippen LogP contribution < -0.4 is 9.80 Å². The Morgan fingerprint density at radius 2 is 1.30 bits per heavy atom. The molecule has 0 N–H and O–H groups in total. The van der Waals surface area contributed by atoms with Crippen molar-refractivity contribution in [2.75, 3.05) is 37.0 Å². The fourth-order valence-corrected chi connectivity index (χ4v) is 4.17. The first-order chi connectivity index (χ1) is 14.6. The van der Waals surface area contributed by atoms with Crippen LogP contribution in [0.3, 0.4) is 0 Å². The zero-order valence-corrected chi connectivity index (χ0v) is 19.3. The van der Waals surface area contributed by atoms with Crippen LogP contribution in [0, 0.1) is 0 Å². The number of rotatable bonds is 11. The van der Waals surface area contributed by atoms with Gasteiger partial charge in [0, 0.05) is 43.9 Å². The lowest BCUT2D eigenvalue weighted by Gasteiger charge is -2.25. The Morgan fingerprint density at radius 1 is 0.667 bits per heavy atom. The molecular formula is C28H38N2. The highest BCUT2D eigenvalue weighted by Gasteiger charge is 2.09. The second kappa shape index (κ2) is 11.1. The van der Waals surface area contributed by atoms with Gasteiger partial charge in [-0.1, -0.05) is 69.2 Å². The van der Waals surface area contributed by atoms with E-state index in [1.54, 1.807) is 0 Å². The van der Waals surface area contributed by atoms with Crippen LogP contribution >= 0.6 is 0 Å². The zero-order chi connectivity index (χ0) is 21.3. The number of nitrogens with zero attached hydrogens (tertiary/aromatic N) is 2. The lowest BCUT2D eigenvalue weighted by Crippen LogP contribution is -2.25. The molecule has 2 heteroatoms. The van der Waals surface area contributed by atoms with E-state index in [2.05, 4.69) is 98.4 Å². The summed E-state index contributed by atoms with van der Waals surface area (Å²) in [6, 6.07) is 22.7. The van der Waals surface area contributed by atoms with Crippen LogP contribution in [-0.4, -0.2) is 27.2 Å². The van der Waals surface area contributed by atoms with Gasteiger partial charge >= 0.3 is 0 Å². The van der Waals surface area contributed by atoms with Crippen LogP contribution in [0.5, 0.6) is 0 Å². The van der Waals surface area contributed by atoms with E-state index in [0.717, 1.165) is 12.8 Å². The Kier molecular flexibility index (Phi) is 8.19. The van der Waals surface area contributed by atoms with Crippen molar-refractivity contribution in [2.24, 2.45) is 0 Å². The highest BCUT2D eigenvalue weighted by Crippen LogP contribution is 2.29. The van der Waals surface area contributed by atoms with Gasteiger partial charge < -0.3 is 9.80 Å². The topological polar surface area (TPSA) is 6.48 Å². The molecule has 2 nitrogen and oxygen atoms in total. The SMILES string of the molecule is CCCCN(CCCC)c1ccc(CCc2ccc(N(C)C)c3ccccc23)cc1. The maximum absolute atomic E-state index is 2.56. The minimum atomic E-state index is 1.07. The molecule has 0 bridgehead atoms. The minimum Gasteiger partial charge on any atom is -0.377 e. The molecule has 3 aromatic carbocycles. The Labute approximate surface area is 183 Å². The first-order valence-corrected chi connectivity index (χ1v) is 11.7. The summed E-state index contributed by atoms with van der Waals surface area (Å²) in [6.45, 7) is 6.88. The third kappa shape index (κ3) is 5.56. The van der Waals surface area contributed by atoms with Gasteiger partial charge in [-0.2, -0.15) is 0 Å². The van der Waals surface area contributed by atoms with Crippen molar-refractivity contribution in [1.29, 1.82) is 0 Å². The molecule has 0 unspecified atom stereocenters. The van der Waals surface area contributed by atoms with Crippen LogP contribution in [-0.2, 0) is 12.8 Å². The predicted molar refractivity (Wildman–Crippen MR) is 134 cm³/mol. The number of benzene rings is 3. The molecule has 160 valence electrons. The smallest absolute Gasteiger partial charge is 0.0440 e. The van der Waals surface area contributed by atoms with Gasteiger partial charge in [-0.3, -0.25) is 0 Å². The third-order valence-corrected chi connectivity index (χ3v) is 6.02. The highest BCUT2D eigenvalue weighted by atomic mass is 15.1. The molecule has 0 saturated heterocycles. The van der Waals surface area contributed by atoms with E-state index in [-0.39, 0.29) is 0 Å². The highest BCUT2D eigenvalue weighted by molar-refractivity contribution is 5.96. The number of hydrogen-bond donors (Lipinski definition) is 0. The molecule has 0 radical (unpaired) electrons. The molecule has 0 aliphatic carbocycles. The molecule has 3 rings (SSSR count). The lowest BCUT2D eigenvalue weighted by atomic mass is 9.97. The van der Waals surface area contributed by atoms with Gasteiger partial charge in [-0.15, -0.1) is 0 Å². The standard InChI is InChI=1S/C28H38N2/c1-5-7-21-30(22-8-6-2)25-18-14-23(15-19-25)13-16-24-17-20-28(29(3)4)27-12-10-9-11-26(24)27/h9-12,14-15,17-20H,5-8,13,16,21-22H2,1-4H3. The average molecular weight is 403 g/mol. The summed E-state index contributed by atoms with van der Waals surface area (Å²) in [7, 11) is 4.24. The maximum atomic E-state index is 2.56. The van der Waals surface area contributed by atoms with E-state index in [0.29, 0.717) is 0 Å². The van der Waals surface area contributed by atoms with E-state index in [4.69, 9.17) is 0 Å². The van der Waals surface area contributed by atoms with Crippen LogP contribution in [0.15, 0.2) is 60.7 Å². The van der Waals surface area contributed by atoms with Crippen molar-refractivity contribution in [3.63, 3.8) is 0 Å². The van der Waals surface area contributed by atoms with Crippen molar-refractivity contribution in [2.45, 2.75) is 52.4 Å². The fraction of sp³-hybridized carbons (Fsp3) is 0.429. The zero-order valence-electron chi connectivity index (χ0n) is 19.3. The second-order valence-electron chi connectivity index (χ2n) is 8.54. The molecule has 0 aliphatic rings. The summed E-state index contributed by atoms with van der Waals surface area (Å²) in [4.78, 5) is 4.76. The van der Waals surface area contributed by atoms with E-state index in [9.17, 15) is 0 Å². The number of anilines is 2. The van der Waals surface area contributed by atoms with E-state index < -0.39 is 0 Å². The van der Waals surface area contributed by atoms with Crippen molar-refractivity contribution >= 4 is 22.1 Å². The normalized spacial score (nSPS) is 11.1. The molecule has 0 heterocycles. The maximum Gasteiger partial charge on any atom is 0.0440 e. The predicted octanol–water partition coefficient (Wildman–Crippen LogP) is 7.10. The molecular weight excluding hydrogens is 364 g/mol. The van der Waals surface area contributed by atoms with E-state index in [1.165, 1.54) is 72.0 Å². The molecule has 0 aliphatic heterocycles. The van der Waals surface area contributed by atoms with E-state index in [1.807, 2.05) is 0 Å². The quantitative estimate of drug-likeness (QED) is 0.337. The first kappa shape index (κ1) is 22.2. The van der Waals surface area contributed by atoms with Gasteiger partial charge in [-0.05, 0) is 60.4 Å². The summed E-state index contributed by atoms with van der Waals surface area (Å²) >= 11 is 0. The average Bonchev–Trinajstić information content (AvgIpc) is 2.78. The summed E-state index contributed by atoms with van der Waals surface area (Å²) in [5.41, 5.74) is 5.53. The molecule has 3 aromatic rings. The Balaban J connectivity index is 1.71. The van der Waals surface area contributed by atoms with Crippen LogP contribution in [0.1, 0.15) is 50.7 Å². The minimum absolute atomic E-state index is 1.07. The van der Waals surface area contributed by atoms with Crippen molar-refractivity contribution in [1.82, 2.24) is 0 Å².